The van der Waals surface area contributed by atoms with Crippen molar-refractivity contribution in [2.75, 3.05) is 5.73 Å². The fourth-order valence-electron chi connectivity index (χ4n) is 2.26. The summed E-state index contributed by atoms with van der Waals surface area (Å²) in [5.41, 5.74) is 7.37. The first-order valence-electron chi connectivity index (χ1n) is 6.33. The van der Waals surface area contributed by atoms with Gasteiger partial charge in [-0.25, -0.2) is 0 Å². The molecule has 3 N–H and O–H groups in total. The zero-order chi connectivity index (χ0) is 12.3. The summed E-state index contributed by atoms with van der Waals surface area (Å²) in [5.74, 6) is 0.823. The van der Waals surface area contributed by atoms with Crippen LogP contribution in [0.4, 0.5) is 5.69 Å². The van der Waals surface area contributed by atoms with E-state index in [0.29, 0.717) is 24.1 Å². The van der Waals surface area contributed by atoms with Crippen LogP contribution in [0.3, 0.4) is 0 Å². The first-order valence-corrected chi connectivity index (χ1v) is 6.33. The molecule has 1 aliphatic rings. The fourth-order valence-corrected chi connectivity index (χ4v) is 2.26. The van der Waals surface area contributed by atoms with Gasteiger partial charge in [0.15, 0.2) is 0 Å². The lowest BCUT2D eigenvalue weighted by molar-refractivity contribution is -0.120. The van der Waals surface area contributed by atoms with E-state index >= 15 is 0 Å². The topological polar surface area (TPSA) is 55.1 Å². The summed E-state index contributed by atoms with van der Waals surface area (Å²) in [6, 6.07) is 7.93. The zero-order valence-electron chi connectivity index (χ0n) is 10.3. The van der Waals surface area contributed by atoms with Gasteiger partial charge in [-0.05, 0) is 36.5 Å². The predicted molar refractivity (Wildman–Crippen MR) is 69.5 cm³/mol. The van der Waals surface area contributed by atoms with Crippen LogP contribution in [0.5, 0.6) is 0 Å². The summed E-state index contributed by atoms with van der Waals surface area (Å²) < 4.78 is 0. The summed E-state index contributed by atoms with van der Waals surface area (Å²) in [4.78, 5) is 11.8. The van der Waals surface area contributed by atoms with Gasteiger partial charge in [0.25, 0.3) is 0 Å². The van der Waals surface area contributed by atoms with Gasteiger partial charge in [-0.15, -0.1) is 0 Å². The van der Waals surface area contributed by atoms with Gasteiger partial charge < -0.3 is 11.1 Å². The standard InChI is InChI=1S/C14H20N2O/c1-2-4-11-9-13(11)16-14(17)8-10-5-3-6-12(15)7-10/h3,5-7,11,13H,2,4,8-9,15H2,1H3,(H,16,17). The van der Waals surface area contributed by atoms with Gasteiger partial charge in [-0.2, -0.15) is 0 Å². The Labute approximate surface area is 102 Å². The highest BCUT2D eigenvalue weighted by molar-refractivity contribution is 5.79. The normalized spacial score (nSPS) is 22.2. The van der Waals surface area contributed by atoms with E-state index in [1.54, 1.807) is 0 Å². The first kappa shape index (κ1) is 12.0. The number of nitrogens with two attached hydrogens (primary N) is 1. The highest BCUT2D eigenvalue weighted by atomic mass is 16.1. The third-order valence-electron chi connectivity index (χ3n) is 3.24. The maximum atomic E-state index is 11.8. The summed E-state index contributed by atoms with van der Waals surface area (Å²) in [6.07, 6.45) is 4.01. The Balaban J connectivity index is 1.78. The number of carbonyl (C=O) groups excluding carboxylic acids is 1. The van der Waals surface area contributed by atoms with Crippen LogP contribution < -0.4 is 11.1 Å². The van der Waals surface area contributed by atoms with Crippen molar-refractivity contribution < 1.29 is 4.79 Å². The molecule has 0 spiro atoms. The lowest BCUT2D eigenvalue weighted by Crippen LogP contribution is -2.28. The van der Waals surface area contributed by atoms with Gasteiger partial charge in [0, 0.05) is 11.7 Å². The molecule has 3 heteroatoms. The first-order chi connectivity index (χ1) is 8.19. The number of hydrogen-bond donors (Lipinski definition) is 2. The molecule has 3 nitrogen and oxygen atoms in total. The van der Waals surface area contributed by atoms with Crippen LogP contribution >= 0.6 is 0 Å². The molecule has 1 aromatic carbocycles. The minimum atomic E-state index is 0.110. The molecule has 92 valence electrons. The molecule has 1 amide bonds. The number of hydrogen-bond acceptors (Lipinski definition) is 2. The van der Waals surface area contributed by atoms with E-state index < -0.39 is 0 Å². The zero-order valence-corrected chi connectivity index (χ0v) is 10.3. The fraction of sp³-hybridized carbons (Fsp3) is 0.500. The van der Waals surface area contributed by atoms with E-state index in [9.17, 15) is 4.79 Å². The molecular formula is C14H20N2O. The largest absolute Gasteiger partial charge is 0.399 e. The molecule has 1 saturated carbocycles. The molecule has 1 aliphatic carbocycles. The van der Waals surface area contributed by atoms with Gasteiger partial charge in [0.2, 0.25) is 5.91 Å². The molecular weight excluding hydrogens is 212 g/mol. The monoisotopic (exact) mass is 232 g/mol. The third kappa shape index (κ3) is 3.48. The van der Waals surface area contributed by atoms with Gasteiger partial charge in [-0.1, -0.05) is 25.5 Å². The number of amides is 1. The summed E-state index contributed by atoms with van der Waals surface area (Å²) >= 11 is 0. The van der Waals surface area contributed by atoms with Crippen LogP contribution in [-0.4, -0.2) is 11.9 Å². The van der Waals surface area contributed by atoms with Crippen LogP contribution in [-0.2, 0) is 11.2 Å². The second-order valence-electron chi connectivity index (χ2n) is 4.88. The minimum absolute atomic E-state index is 0.110. The highest BCUT2D eigenvalue weighted by Gasteiger charge is 2.36. The molecule has 0 aliphatic heterocycles. The Hall–Kier alpha value is -1.51. The maximum Gasteiger partial charge on any atom is 0.224 e. The third-order valence-corrected chi connectivity index (χ3v) is 3.24. The molecule has 2 unspecified atom stereocenters. The van der Waals surface area contributed by atoms with E-state index in [0.717, 1.165) is 12.0 Å². The maximum absolute atomic E-state index is 11.8. The molecule has 0 radical (unpaired) electrons. The average Bonchev–Trinajstić information content (AvgIpc) is 2.96. The Bertz CT molecular complexity index is 403. The lowest BCUT2D eigenvalue weighted by atomic mass is 10.1. The van der Waals surface area contributed by atoms with Crippen LogP contribution in [0.2, 0.25) is 0 Å². The SMILES string of the molecule is CCCC1CC1NC(=O)Cc1cccc(N)c1. The van der Waals surface area contributed by atoms with Crippen molar-refractivity contribution in [1.29, 1.82) is 0 Å². The Morgan fingerprint density at radius 3 is 3.06 bits per heavy atom. The van der Waals surface area contributed by atoms with E-state index in [1.165, 1.54) is 12.8 Å². The van der Waals surface area contributed by atoms with Gasteiger partial charge in [0.1, 0.15) is 0 Å². The van der Waals surface area contributed by atoms with Crippen LogP contribution in [0.15, 0.2) is 24.3 Å². The molecule has 17 heavy (non-hydrogen) atoms. The Kier molecular flexibility index (Phi) is 3.67. The van der Waals surface area contributed by atoms with Crippen molar-refractivity contribution >= 4 is 11.6 Å². The van der Waals surface area contributed by atoms with Crippen molar-refractivity contribution in [3.05, 3.63) is 29.8 Å². The van der Waals surface area contributed by atoms with Crippen molar-refractivity contribution in [1.82, 2.24) is 5.32 Å². The number of nitrogens with one attached hydrogen (secondary N) is 1. The van der Waals surface area contributed by atoms with E-state index in [1.807, 2.05) is 24.3 Å². The molecule has 0 heterocycles. The average molecular weight is 232 g/mol. The predicted octanol–water partition coefficient (Wildman–Crippen LogP) is 2.12. The number of carbonyl (C=O) groups is 1. The van der Waals surface area contributed by atoms with E-state index in [4.69, 9.17) is 5.73 Å². The molecule has 0 aromatic heterocycles. The van der Waals surface area contributed by atoms with Crippen LogP contribution in [0, 0.1) is 5.92 Å². The number of nitrogen functional groups attached to an aromatic ring is 1. The van der Waals surface area contributed by atoms with Crippen LogP contribution in [0.25, 0.3) is 0 Å². The lowest BCUT2D eigenvalue weighted by Gasteiger charge is -2.05. The van der Waals surface area contributed by atoms with E-state index in [-0.39, 0.29) is 5.91 Å². The molecule has 0 bridgehead atoms. The molecule has 2 atom stereocenters. The molecule has 1 aromatic rings. The number of rotatable bonds is 5. The van der Waals surface area contributed by atoms with Gasteiger partial charge in [0.05, 0.1) is 6.42 Å². The summed E-state index contributed by atoms with van der Waals surface area (Å²) in [5, 5.41) is 3.08. The van der Waals surface area contributed by atoms with Gasteiger partial charge >= 0.3 is 0 Å². The Morgan fingerprint density at radius 1 is 1.53 bits per heavy atom. The van der Waals surface area contributed by atoms with Crippen LogP contribution in [0.1, 0.15) is 31.7 Å². The van der Waals surface area contributed by atoms with Crippen molar-refractivity contribution in [2.24, 2.45) is 5.92 Å². The second kappa shape index (κ2) is 5.21. The number of anilines is 1. The molecule has 2 rings (SSSR count). The number of benzene rings is 1. The summed E-state index contributed by atoms with van der Waals surface area (Å²) in [6.45, 7) is 2.18. The van der Waals surface area contributed by atoms with Crippen molar-refractivity contribution in [3.63, 3.8) is 0 Å². The molecule has 0 saturated heterocycles. The van der Waals surface area contributed by atoms with Gasteiger partial charge in [-0.3, -0.25) is 4.79 Å². The van der Waals surface area contributed by atoms with E-state index in [2.05, 4.69) is 12.2 Å². The highest BCUT2D eigenvalue weighted by Crippen LogP contribution is 2.34. The quantitative estimate of drug-likeness (QED) is 0.764. The smallest absolute Gasteiger partial charge is 0.224 e. The van der Waals surface area contributed by atoms with Crippen molar-refractivity contribution in [2.45, 2.75) is 38.6 Å². The van der Waals surface area contributed by atoms with Crippen molar-refractivity contribution in [3.8, 4) is 0 Å². The Morgan fingerprint density at radius 2 is 2.35 bits per heavy atom. The second-order valence-corrected chi connectivity index (χ2v) is 4.88. The summed E-state index contributed by atoms with van der Waals surface area (Å²) in [7, 11) is 0. The molecule has 1 fully saturated rings. The minimum Gasteiger partial charge on any atom is -0.399 e.